The van der Waals surface area contributed by atoms with Crippen molar-refractivity contribution in [2.45, 2.75) is 0 Å². The molecule has 5 aromatic heterocycles. The van der Waals surface area contributed by atoms with Crippen LogP contribution in [0.5, 0.6) is 0 Å². The second-order valence-corrected chi connectivity index (χ2v) is 22.6. The molecule has 0 bridgehead atoms. The predicted octanol–water partition coefficient (Wildman–Crippen LogP) is 13.0. The number of hydrogen-bond acceptors (Lipinski definition) is 6. The van der Waals surface area contributed by atoms with Crippen molar-refractivity contribution in [3.63, 3.8) is 0 Å². The van der Waals surface area contributed by atoms with Gasteiger partial charge in [-0.05, 0) is 62.2 Å². The fourth-order valence-electron chi connectivity index (χ4n) is 10.8. The molecule has 0 aliphatic carbocycles. The zero-order chi connectivity index (χ0) is 46.2. The summed E-state index contributed by atoms with van der Waals surface area (Å²) >= 11 is 1.85. The van der Waals surface area contributed by atoms with Crippen LogP contribution < -0.4 is 20.7 Å². The quantitative estimate of drug-likeness (QED) is 0.112. The Morgan fingerprint density at radius 3 is 1.77 bits per heavy atom. The zero-order valence-corrected chi connectivity index (χ0v) is 39.4. The molecule has 5 heterocycles. The second kappa shape index (κ2) is 16.2. The molecular weight excluding hydrogens is 891 g/mol. The molecule has 0 N–H and O–H groups in total. The summed E-state index contributed by atoms with van der Waals surface area (Å²) in [5.74, 6) is 1.65. The van der Waals surface area contributed by atoms with Gasteiger partial charge in [-0.3, -0.25) is 9.55 Å². The van der Waals surface area contributed by atoms with Crippen molar-refractivity contribution in [1.29, 1.82) is 0 Å². The topological polar surface area (TPSA) is 69.6 Å². The van der Waals surface area contributed by atoms with E-state index in [2.05, 4.69) is 216 Å². The van der Waals surface area contributed by atoms with Gasteiger partial charge in [0.05, 0.1) is 17.2 Å². The highest BCUT2D eigenvalue weighted by molar-refractivity contribution is 7.26. The smallest absolute Gasteiger partial charge is 0.238 e. The molecule has 0 saturated heterocycles. The monoisotopic (exact) mass is 929 g/mol. The maximum Gasteiger partial charge on any atom is 0.238 e. The van der Waals surface area contributed by atoms with Crippen LogP contribution in [0.4, 0.5) is 0 Å². The third-order valence-corrected chi connectivity index (χ3v) is 20.0. The molecule has 14 rings (SSSR count). The number of furan rings is 1. The Kier molecular flexibility index (Phi) is 9.30. The first-order valence-electron chi connectivity index (χ1n) is 23.4. The van der Waals surface area contributed by atoms with Crippen molar-refractivity contribution in [3.8, 4) is 39.9 Å². The minimum Gasteiger partial charge on any atom is -0.454 e. The average Bonchev–Trinajstić information content (AvgIpc) is 4.12. The zero-order valence-electron chi connectivity index (χ0n) is 37.6. The molecule has 6 nitrogen and oxygen atoms in total. The number of pyridine rings is 1. The first kappa shape index (κ1) is 40.3. The van der Waals surface area contributed by atoms with E-state index in [1.807, 2.05) is 29.5 Å². The molecule has 0 saturated carbocycles. The van der Waals surface area contributed by atoms with Crippen LogP contribution >= 0.6 is 11.3 Å². The highest BCUT2D eigenvalue weighted by atomic mass is 32.1. The summed E-state index contributed by atoms with van der Waals surface area (Å²) in [6, 6.07) is 80.8. The largest absolute Gasteiger partial charge is 0.454 e. The Hall–Kier alpha value is -8.82. The van der Waals surface area contributed by atoms with Crippen LogP contribution in [0.25, 0.3) is 104 Å². The van der Waals surface area contributed by atoms with Crippen molar-refractivity contribution in [1.82, 2.24) is 24.5 Å². The van der Waals surface area contributed by atoms with Crippen LogP contribution in [0.3, 0.4) is 0 Å². The van der Waals surface area contributed by atoms with Crippen molar-refractivity contribution >= 4 is 104 Å². The summed E-state index contributed by atoms with van der Waals surface area (Å²) in [6.45, 7) is 0. The van der Waals surface area contributed by atoms with Crippen molar-refractivity contribution in [2.75, 3.05) is 0 Å². The Morgan fingerprint density at radius 2 is 1.01 bits per heavy atom. The molecule has 14 aromatic rings. The highest BCUT2D eigenvalue weighted by Crippen LogP contribution is 2.42. The first-order chi connectivity index (χ1) is 34.7. The molecule has 0 aliphatic heterocycles. The summed E-state index contributed by atoms with van der Waals surface area (Å²) in [4.78, 5) is 20.7. The van der Waals surface area contributed by atoms with E-state index < -0.39 is 8.07 Å². The van der Waals surface area contributed by atoms with E-state index in [1.54, 1.807) is 12.4 Å². The Labute approximate surface area is 407 Å². The van der Waals surface area contributed by atoms with E-state index in [0.29, 0.717) is 23.2 Å². The molecule has 328 valence electrons. The van der Waals surface area contributed by atoms with Gasteiger partial charge in [0.15, 0.2) is 25.3 Å². The van der Waals surface area contributed by atoms with Gasteiger partial charge in [0.2, 0.25) is 5.95 Å². The van der Waals surface area contributed by atoms with E-state index in [-0.39, 0.29) is 0 Å². The first-order valence-corrected chi connectivity index (χ1v) is 26.3. The van der Waals surface area contributed by atoms with Gasteiger partial charge in [-0.1, -0.05) is 194 Å². The van der Waals surface area contributed by atoms with Gasteiger partial charge < -0.3 is 4.42 Å². The van der Waals surface area contributed by atoms with Gasteiger partial charge in [0.25, 0.3) is 0 Å². The molecule has 8 heteroatoms. The summed E-state index contributed by atoms with van der Waals surface area (Å²) < 4.78 is 11.1. The SMILES string of the molecule is c1ccc([Si](c2ccccc2)(c2ccccc2)c2ccc(-c3nc(-c4cccc5oc6cnccc6c45)nc(-n4c5ccccc5c5ccc(-c6cccc7c6sc6ccccc67)cc54)n3)cc2)cc1. The number of para-hydroxylation sites is 1. The Bertz CT molecular complexity index is 4200. The maximum absolute atomic E-state index is 6.37. The minimum atomic E-state index is -2.78. The van der Waals surface area contributed by atoms with E-state index in [9.17, 15) is 0 Å². The highest BCUT2D eigenvalue weighted by Gasteiger charge is 2.41. The summed E-state index contributed by atoms with van der Waals surface area (Å²) in [5.41, 5.74) is 7.54. The van der Waals surface area contributed by atoms with Crippen molar-refractivity contribution in [3.05, 3.63) is 237 Å². The number of thiophene rings is 1. The summed E-state index contributed by atoms with van der Waals surface area (Å²) in [6.07, 6.45) is 3.57. The lowest BCUT2D eigenvalue weighted by atomic mass is 10.0. The number of aromatic nitrogens is 5. The lowest BCUT2D eigenvalue weighted by Gasteiger charge is -2.34. The van der Waals surface area contributed by atoms with E-state index >= 15 is 0 Å². The van der Waals surface area contributed by atoms with Crippen LogP contribution in [-0.2, 0) is 0 Å². The van der Waals surface area contributed by atoms with Gasteiger partial charge >= 0.3 is 0 Å². The standard InChI is InChI=1S/C62H39N5OSSi/c1-4-16-42(17-5-1)70(43-18-6-2-7-19-43,44-20-8-3-9-21-44)45-33-30-40(31-34-45)60-64-61(52-26-15-28-55-58(52)51-36-37-63-39-56(51)68-55)66-62(65-60)67-53-27-12-10-22-47(53)48-35-32-41(38-54(48)67)46-24-14-25-50-49-23-11-13-29-57(49)69-59(46)50/h1-39H. The normalized spacial score (nSPS) is 12.0. The minimum absolute atomic E-state index is 0.528. The molecule has 9 aromatic carbocycles. The lowest BCUT2D eigenvalue weighted by molar-refractivity contribution is 0.667. The van der Waals surface area contributed by atoms with E-state index in [1.165, 1.54) is 46.5 Å². The molecular formula is C62H39N5OSSi. The molecule has 0 radical (unpaired) electrons. The fraction of sp³-hybridized carbons (Fsp3) is 0. The van der Waals surface area contributed by atoms with Crippen LogP contribution in [0.2, 0.25) is 0 Å². The van der Waals surface area contributed by atoms with E-state index in [4.69, 9.17) is 19.4 Å². The van der Waals surface area contributed by atoms with Gasteiger partial charge in [0.1, 0.15) is 5.58 Å². The number of benzene rings is 9. The number of nitrogens with zero attached hydrogens (tertiary/aromatic N) is 5. The van der Waals surface area contributed by atoms with Gasteiger partial charge in [-0.15, -0.1) is 11.3 Å². The fourth-order valence-corrected chi connectivity index (χ4v) is 16.8. The third kappa shape index (κ3) is 6.24. The molecule has 0 atom stereocenters. The Balaban J connectivity index is 1.01. The van der Waals surface area contributed by atoms with Crippen molar-refractivity contribution in [2.24, 2.45) is 0 Å². The molecule has 70 heavy (non-hydrogen) atoms. The molecule has 0 amide bonds. The van der Waals surface area contributed by atoms with Gasteiger partial charge in [0, 0.05) is 59.0 Å². The predicted molar refractivity (Wildman–Crippen MR) is 292 cm³/mol. The van der Waals surface area contributed by atoms with Crippen LogP contribution in [0.15, 0.2) is 241 Å². The van der Waals surface area contributed by atoms with Crippen LogP contribution in [0.1, 0.15) is 0 Å². The number of rotatable bonds is 8. The third-order valence-electron chi connectivity index (χ3n) is 14.0. The maximum atomic E-state index is 6.37. The summed E-state index contributed by atoms with van der Waals surface area (Å²) in [5, 5.41) is 11.9. The van der Waals surface area contributed by atoms with Crippen LogP contribution in [-0.4, -0.2) is 32.6 Å². The second-order valence-electron chi connectivity index (χ2n) is 17.7. The average molecular weight is 930 g/mol. The van der Waals surface area contributed by atoms with Crippen LogP contribution in [0, 0.1) is 0 Å². The number of fused-ring (bicyclic) bond motifs is 9. The van der Waals surface area contributed by atoms with E-state index in [0.717, 1.165) is 54.9 Å². The van der Waals surface area contributed by atoms with Gasteiger partial charge in [-0.2, -0.15) is 9.97 Å². The van der Waals surface area contributed by atoms with Gasteiger partial charge in [-0.25, -0.2) is 4.98 Å². The molecule has 0 fully saturated rings. The molecule has 0 unspecified atom stereocenters. The lowest BCUT2D eigenvalue weighted by Crippen LogP contribution is -2.74. The number of hydrogen-bond donors (Lipinski definition) is 0. The summed E-state index contributed by atoms with van der Waals surface area (Å²) in [7, 11) is -2.78. The molecule has 0 spiro atoms. The molecule has 0 aliphatic rings. The Morgan fingerprint density at radius 1 is 0.414 bits per heavy atom. The van der Waals surface area contributed by atoms with Crippen molar-refractivity contribution < 1.29 is 4.42 Å².